The van der Waals surface area contributed by atoms with Gasteiger partial charge in [0.1, 0.15) is 0 Å². The highest BCUT2D eigenvalue weighted by Gasteiger charge is 1.99. The molecule has 0 aliphatic carbocycles. The molecule has 0 amide bonds. The van der Waals surface area contributed by atoms with Gasteiger partial charge in [0.25, 0.3) is 0 Å². The van der Waals surface area contributed by atoms with Crippen LogP contribution in [0, 0.1) is 0 Å². The lowest BCUT2D eigenvalue weighted by atomic mass is 10.1. The van der Waals surface area contributed by atoms with Crippen LogP contribution in [0.25, 0.3) is 0 Å². The van der Waals surface area contributed by atoms with Crippen LogP contribution in [0.5, 0.6) is 0 Å². The average molecular weight is 285 g/mol. The zero-order chi connectivity index (χ0) is 10.5. The molecule has 0 aliphatic heterocycles. The lowest BCUT2D eigenvalue weighted by Crippen LogP contribution is -2.04. The molecule has 2 rings (SSSR count). The Morgan fingerprint density at radius 1 is 1.33 bits per heavy atom. The summed E-state index contributed by atoms with van der Waals surface area (Å²) in [5, 5.41) is 11.2. The standard InChI is InChI=1S/C9H9BrN4S/c10-8-4-2-1-3-7(8)5-6-11-9-12-13-14-15-9/h1-4H,5-6H2,(H,11,12,14). The Bertz CT molecular complexity index is 418. The molecule has 0 unspecified atom stereocenters. The number of nitrogens with zero attached hydrogens (tertiary/aromatic N) is 3. The van der Waals surface area contributed by atoms with Crippen LogP contribution in [0.3, 0.4) is 0 Å². The Labute approximate surface area is 100 Å². The third kappa shape index (κ3) is 2.97. The summed E-state index contributed by atoms with van der Waals surface area (Å²) in [7, 11) is 0. The second-order valence-corrected chi connectivity index (χ2v) is 4.52. The maximum Gasteiger partial charge on any atom is 0.225 e. The molecule has 1 aromatic heterocycles. The zero-order valence-corrected chi connectivity index (χ0v) is 10.3. The molecule has 0 spiro atoms. The number of hydrogen-bond donors (Lipinski definition) is 1. The van der Waals surface area contributed by atoms with Crippen molar-refractivity contribution in [1.82, 2.24) is 14.8 Å². The highest BCUT2D eigenvalue weighted by Crippen LogP contribution is 2.16. The Kier molecular flexibility index (Phi) is 3.63. The van der Waals surface area contributed by atoms with Crippen molar-refractivity contribution in [2.24, 2.45) is 0 Å². The topological polar surface area (TPSA) is 50.7 Å². The number of anilines is 1. The molecule has 0 aliphatic rings. The van der Waals surface area contributed by atoms with Crippen molar-refractivity contribution in [1.29, 1.82) is 0 Å². The van der Waals surface area contributed by atoms with Crippen molar-refractivity contribution >= 4 is 32.6 Å². The summed E-state index contributed by atoms with van der Waals surface area (Å²) < 4.78 is 4.82. The molecule has 1 N–H and O–H groups in total. The van der Waals surface area contributed by atoms with E-state index in [0.29, 0.717) is 0 Å². The maximum absolute atomic E-state index is 3.80. The normalized spacial score (nSPS) is 10.2. The van der Waals surface area contributed by atoms with Crippen LogP contribution in [0.1, 0.15) is 5.56 Å². The van der Waals surface area contributed by atoms with Gasteiger partial charge in [0.15, 0.2) is 0 Å². The van der Waals surface area contributed by atoms with E-state index in [4.69, 9.17) is 0 Å². The fraction of sp³-hybridized carbons (Fsp3) is 0.222. The van der Waals surface area contributed by atoms with Crippen LogP contribution in [0.15, 0.2) is 28.7 Å². The van der Waals surface area contributed by atoms with Gasteiger partial charge in [0.05, 0.1) is 0 Å². The van der Waals surface area contributed by atoms with Crippen LogP contribution < -0.4 is 5.32 Å². The lowest BCUT2D eigenvalue weighted by Gasteiger charge is -2.04. The van der Waals surface area contributed by atoms with Gasteiger partial charge in [-0.1, -0.05) is 43.7 Å². The van der Waals surface area contributed by atoms with E-state index in [1.54, 1.807) is 0 Å². The third-order valence-corrected chi connectivity index (χ3v) is 3.25. The van der Waals surface area contributed by atoms with E-state index in [2.05, 4.69) is 42.1 Å². The summed E-state index contributed by atoms with van der Waals surface area (Å²) in [6, 6.07) is 8.19. The van der Waals surface area contributed by atoms with Gasteiger partial charge in [-0.3, -0.25) is 0 Å². The van der Waals surface area contributed by atoms with Gasteiger partial charge in [-0.05, 0) is 23.3 Å². The molecule has 6 heteroatoms. The van der Waals surface area contributed by atoms with Gasteiger partial charge < -0.3 is 5.32 Å². The van der Waals surface area contributed by atoms with Crippen molar-refractivity contribution in [3.8, 4) is 0 Å². The SMILES string of the molecule is Brc1ccccc1CCNc1nnns1. The maximum atomic E-state index is 3.80. The Hall–Kier alpha value is -1.01. The first kappa shape index (κ1) is 10.5. The number of hydrogen-bond acceptors (Lipinski definition) is 5. The molecule has 0 fully saturated rings. The molecule has 4 nitrogen and oxygen atoms in total. The highest BCUT2D eigenvalue weighted by molar-refractivity contribution is 9.10. The number of benzene rings is 1. The van der Waals surface area contributed by atoms with E-state index in [1.807, 2.05) is 18.2 Å². The first-order valence-electron chi connectivity index (χ1n) is 4.48. The van der Waals surface area contributed by atoms with E-state index in [0.717, 1.165) is 22.6 Å². The summed E-state index contributed by atoms with van der Waals surface area (Å²) in [5.41, 5.74) is 1.28. The molecule has 0 atom stereocenters. The molecular weight excluding hydrogens is 276 g/mol. The second kappa shape index (κ2) is 5.18. The fourth-order valence-corrected chi connectivity index (χ4v) is 2.08. The van der Waals surface area contributed by atoms with Crippen molar-refractivity contribution in [3.63, 3.8) is 0 Å². The Morgan fingerprint density at radius 2 is 2.20 bits per heavy atom. The monoisotopic (exact) mass is 284 g/mol. The predicted octanol–water partition coefficient (Wildman–Crippen LogP) is 2.35. The molecular formula is C9H9BrN4S. The van der Waals surface area contributed by atoms with Crippen LogP contribution >= 0.6 is 27.5 Å². The van der Waals surface area contributed by atoms with E-state index >= 15 is 0 Å². The quantitative estimate of drug-likeness (QED) is 0.937. The molecule has 0 saturated carbocycles. The van der Waals surface area contributed by atoms with Gasteiger partial charge >= 0.3 is 0 Å². The molecule has 0 radical (unpaired) electrons. The summed E-state index contributed by atoms with van der Waals surface area (Å²) in [5.74, 6) is 0. The molecule has 15 heavy (non-hydrogen) atoms. The smallest absolute Gasteiger partial charge is 0.225 e. The molecule has 1 aromatic carbocycles. The van der Waals surface area contributed by atoms with Crippen molar-refractivity contribution in [3.05, 3.63) is 34.3 Å². The molecule has 2 aromatic rings. The first-order chi connectivity index (χ1) is 7.36. The minimum absolute atomic E-state index is 0.766. The third-order valence-electron chi connectivity index (χ3n) is 1.93. The lowest BCUT2D eigenvalue weighted by molar-refractivity contribution is 0.940. The van der Waals surface area contributed by atoms with Crippen LogP contribution in [0.4, 0.5) is 5.13 Å². The molecule has 1 heterocycles. The largest absolute Gasteiger partial charge is 0.359 e. The van der Waals surface area contributed by atoms with E-state index < -0.39 is 0 Å². The number of halogens is 1. The summed E-state index contributed by atoms with van der Waals surface area (Å²) in [6.45, 7) is 0.833. The van der Waals surface area contributed by atoms with Crippen molar-refractivity contribution < 1.29 is 0 Å². The first-order valence-corrected chi connectivity index (χ1v) is 6.05. The summed E-state index contributed by atoms with van der Waals surface area (Å²) >= 11 is 4.78. The highest BCUT2D eigenvalue weighted by atomic mass is 79.9. The number of aromatic nitrogens is 3. The molecule has 78 valence electrons. The Morgan fingerprint density at radius 3 is 2.93 bits per heavy atom. The van der Waals surface area contributed by atoms with Gasteiger partial charge in [-0.15, -0.1) is 0 Å². The van der Waals surface area contributed by atoms with Crippen LogP contribution in [-0.4, -0.2) is 21.3 Å². The molecule has 0 saturated heterocycles. The van der Waals surface area contributed by atoms with Crippen molar-refractivity contribution in [2.45, 2.75) is 6.42 Å². The van der Waals surface area contributed by atoms with E-state index in [1.165, 1.54) is 17.1 Å². The summed E-state index contributed by atoms with van der Waals surface area (Å²) in [6.07, 6.45) is 0.945. The van der Waals surface area contributed by atoms with E-state index in [9.17, 15) is 0 Å². The van der Waals surface area contributed by atoms with Crippen molar-refractivity contribution in [2.75, 3.05) is 11.9 Å². The summed E-state index contributed by atoms with van der Waals surface area (Å²) in [4.78, 5) is 0. The fourth-order valence-electron chi connectivity index (χ4n) is 1.21. The average Bonchev–Trinajstić information content (AvgIpc) is 2.74. The van der Waals surface area contributed by atoms with Crippen LogP contribution in [0.2, 0.25) is 0 Å². The number of nitrogens with one attached hydrogen (secondary N) is 1. The number of rotatable bonds is 4. The van der Waals surface area contributed by atoms with Gasteiger partial charge in [0, 0.05) is 22.5 Å². The van der Waals surface area contributed by atoms with Gasteiger partial charge in [0.2, 0.25) is 5.13 Å². The zero-order valence-electron chi connectivity index (χ0n) is 7.85. The van der Waals surface area contributed by atoms with Crippen LogP contribution in [-0.2, 0) is 6.42 Å². The van der Waals surface area contributed by atoms with Gasteiger partial charge in [-0.2, -0.15) is 0 Å². The second-order valence-electron chi connectivity index (χ2n) is 2.94. The van der Waals surface area contributed by atoms with Gasteiger partial charge in [-0.25, -0.2) is 0 Å². The minimum atomic E-state index is 0.766. The predicted molar refractivity (Wildman–Crippen MR) is 64.0 cm³/mol. The Balaban J connectivity index is 1.86. The molecule has 0 bridgehead atoms. The minimum Gasteiger partial charge on any atom is -0.359 e. The van der Waals surface area contributed by atoms with E-state index in [-0.39, 0.29) is 0 Å².